The number of fused-ring (bicyclic) bond motifs is 3. The lowest BCUT2D eigenvalue weighted by Crippen LogP contribution is -2.08. The number of benzene rings is 2. The van der Waals surface area contributed by atoms with Crippen LogP contribution in [0.5, 0.6) is 0 Å². The highest BCUT2D eigenvalue weighted by Crippen LogP contribution is 2.29. The zero-order valence-corrected chi connectivity index (χ0v) is 13.1. The van der Waals surface area contributed by atoms with Gasteiger partial charge < -0.3 is 5.73 Å². The van der Waals surface area contributed by atoms with E-state index in [0.29, 0.717) is 0 Å². The number of rotatable bonds is 2. The molecule has 0 aliphatic rings. The summed E-state index contributed by atoms with van der Waals surface area (Å²) in [5, 5.41) is 9.37. The number of hydrogen-bond acceptors (Lipinski definition) is 4. The third kappa shape index (κ3) is 2.17. The molecule has 0 saturated heterocycles. The summed E-state index contributed by atoms with van der Waals surface area (Å²) in [6.07, 6.45) is 1.71. The fraction of sp³-hybridized carbons (Fsp3) is 0.167. The first-order valence-electron chi connectivity index (χ1n) is 7.60. The van der Waals surface area contributed by atoms with Crippen LogP contribution in [0.3, 0.4) is 0 Å². The number of nitrogens with two attached hydrogens (primary N) is 1. The Kier molecular flexibility index (Phi) is 3.09. The topological polar surface area (TPSA) is 69.1 Å². The van der Waals surface area contributed by atoms with Gasteiger partial charge in [-0.2, -0.15) is 0 Å². The second-order valence-corrected chi connectivity index (χ2v) is 5.86. The van der Waals surface area contributed by atoms with E-state index in [1.165, 1.54) is 0 Å². The molecule has 0 aliphatic heterocycles. The normalized spacial score (nSPS) is 12.8. The summed E-state index contributed by atoms with van der Waals surface area (Å²) in [4.78, 5) is 4.91. The third-order valence-electron chi connectivity index (χ3n) is 4.04. The Bertz CT molecular complexity index is 1000. The molecule has 0 radical (unpaired) electrons. The molecular weight excluding hydrogens is 286 g/mol. The van der Waals surface area contributed by atoms with Crippen molar-refractivity contribution in [3.05, 3.63) is 59.9 Å². The van der Waals surface area contributed by atoms with Crippen LogP contribution in [-0.2, 0) is 0 Å². The molecule has 0 aliphatic carbocycles. The minimum absolute atomic E-state index is 0.0982. The van der Waals surface area contributed by atoms with E-state index in [-0.39, 0.29) is 6.04 Å². The SMILES string of the molecule is Cc1cc(C(C)N)c2nc(-c3ccccc3)n3cnnc3c2c1. The highest BCUT2D eigenvalue weighted by molar-refractivity contribution is 5.95. The van der Waals surface area contributed by atoms with Gasteiger partial charge >= 0.3 is 0 Å². The summed E-state index contributed by atoms with van der Waals surface area (Å²) in [5.41, 5.74) is 11.1. The van der Waals surface area contributed by atoms with Crippen LogP contribution in [0, 0.1) is 6.92 Å². The maximum atomic E-state index is 6.17. The summed E-state index contributed by atoms with van der Waals surface area (Å²) in [7, 11) is 0. The Morgan fingerprint density at radius 1 is 1.13 bits per heavy atom. The molecule has 2 N–H and O–H groups in total. The average Bonchev–Trinajstić information content (AvgIpc) is 3.04. The van der Waals surface area contributed by atoms with Crippen molar-refractivity contribution in [3.8, 4) is 11.4 Å². The molecule has 2 aromatic carbocycles. The van der Waals surface area contributed by atoms with Gasteiger partial charge in [0.25, 0.3) is 0 Å². The van der Waals surface area contributed by atoms with E-state index in [1.54, 1.807) is 6.33 Å². The van der Waals surface area contributed by atoms with Crippen LogP contribution in [0.2, 0.25) is 0 Å². The smallest absolute Gasteiger partial charge is 0.171 e. The predicted octanol–water partition coefficient (Wildman–Crippen LogP) is 3.27. The van der Waals surface area contributed by atoms with Crippen molar-refractivity contribution in [2.24, 2.45) is 5.73 Å². The molecule has 0 amide bonds. The Hall–Kier alpha value is -2.79. The monoisotopic (exact) mass is 303 g/mol. The van der Waals surface area contributed by atoms with Crippen molar-refractivity contribution in [2.75, 3.05) is 0 Å². The standard InChI is InChI=1S/C18H17N5/c1-11-8-14(12(2)19)16-15(9-11)18-22-20-10-23(18)17(21-16)13-6-4-3-5-7-13/h3-10,12H,19H2,1-2H3. The van der Waals surface area contributed by atoms with Crippen molar-refractivity contribution in [3.63, 3.8) is 0 Å². The largest absolute Gasteiger partial charge is 0.324 e. The van der Waals surface area contributed by atoms with Gasteiger partial charge in [0, 0.05) is 17.0 Å². The van der Waals surface area contributed by atoms with Crippen LogP contribution in [0.25, 0.3) is 27.9 Å². The van der Waals surface area contributed by atoms with E-state index in [2.05, 4.69) is 29.3 Å². The van der Waals surface area contributed by atoms with Gasteiger partial charge in [0.05, 0.1) is 5.52 Å². The second kappa shape index (κ2) is 5.14. The number of aromatic nitrogens is 4. The predicted molar refractivity (Wildman–Crippen MR) is 91.1 cm³/mol. The zero-order chi connectivity index (χ0) is 16.0. The van der Waals surface area contributed by atoms with Crippen LogP contribution >= 0.6 is 0 Å². The van der Waals surface area contributed by atoms with Crippen LogP contribution in [-0.4, -0.2) is 19.6 Å². The lowest BCUT2D eigenvalue weighted by Gasteiger charge is -2.14. The summed E-state index contributed by atoms with van der Waals surface area (Å²) in [5.74, 6) is 0.823. The summed E-state index contributed by atoms with van der Waals surface area (Å²) < 4.78 is 1.93. The van der Waals surface area contributed by atoms with Crippen molar-refractivity contribution >= 4 is 16.6 Å². The summed E-state index contributed by atoms with van der Waals surface area (Å²) in [6.45, 7) is 4.04. The lowest BCUT2D eigenvalue weighted by molar-refractivity contribution is 0.822. The van der Waals surface area contributed by atoms with E-state index in [1.807, 2.05) is 41.7 Å². The molecule has 2 heterocycles. The Labute approximate surface area is 133 Å². The van der Waals surface area contributed by atoms with Crippen LogP contribution in [0.4, 0.5) is 0 Å². The second-order valence-electron chi connectivity index (χ2n) is 5.86. The van der Waals surface area contributed by atoms with Crippen LogP contribution in [0.1, 0.15) is 24.1 Å². The zero-order valence-electron chi connectivity index (χ0n) is 13.1. The maximum Gasteiger partial charge on any atom is 0.171 e. The summed E-state index contributed by atoms with van der Waals surface area (Å²) in [6, 6.07) is 14.1. The maximum absolute atomic E-state index is 6.17. The van der Waals surface area contributed by atoms with Gasteiger partial charge in [0.15, 0.2) is 5.65 Å². The van der Waals surface area contributed by atoms with Crippen LogP contribution < -0.4 is 5.73 Å². The molecule has 114 valence electrons. The quantitative estimate of drug-likeness (QED) is 0.617. The van der Waals surface area contributed by atoms with E-state index >= 15 is 0 Å². The molecule has 4 aromatic rings. The van der Waals surface area contributed by atoms with E-state index in [9.17, 15) is 0 Å². The van der Waals surface area contributed by atoms with Gasteiger partial charge in [0.1, 0.15) is 12.2 Å². The molecule has 0 bridgehead atoms. The number of aryl methyl sites for hydroxylation is 1. The molecule has 2 aromatic heterocycles. The first-order chi connectivity index (χ1) is 11.1. The van der Waals surface area contributed by atoms with E-state index < -0.39 is 0 Å². The Morgan fingerprint density at radius 2 is 1.91 bits per heavy atom. The van der Waals surface area contributed by atoms with Crippen molar-refractivity contribution in [2.45, 2.75) is 19.9 Å². The first kappa shape index (κ1) is 13.8. The van der Waals surface area contributed by atoms with E-state index in [0.717, 1.165) is 39.1 Å². The van der Waals surface area contributed by atoms with Crippen molar-refractivity contribution in [1.29, 1.82) is 0 Å². The molecule has 5 nitrogen and oxygen atoms in total. The van der Waals surface area contributed by atoms with Gasteiger partial charge in [-0.15, -0.1) is 10.2 Å². The molecule has 0 spiro atoms. The minimum Gasteiger partial charge on any atom is -0.324 e. The molecular formula is C18H17N5. The van der Waals surface area contributed by atoms with Gasteiger partial charge in [-0.25, -0.2) is 4.98 Å². The highest BCUT2D eigenvalue weighted by atomic mass is 15.2. The lowest BCUT2D eigenvalue weighted by atomic mass is 10.0. The summed E-state index contributed by atoms with van der Waals surface area (Å²) >= 11 is 0. The molecule has 5 heteroatoms. The molecule has 1 unspecified atom stereocenters. The molecule has 4 rings (SSSR count). The van der Waals surface area contributed by atoms with Gasteiger partial charge in [-0.1, -0.05) is 36.4 Å². The Balaban J connectivity index is 2.17. The molecule has 0 saturated carbocycles. The van der Waals surface area contributed by atoms with Gasteiger partial charge in [0.2, 0.25) is 0 Å². The molecule has 23 heavy (non-hydrogen) atoms. The van der Waals surface area contributed by atoms with Crippen LogP contribution in [0.15, 0.2) is 48.8 Å². The fourth-order valence-electron chi connectivity index (χ4n) is 2.97. The fourth-order valence-corrected chi connectivity index (χ4v) is 2.97. The van der Waals surface area contributed by atoms with Crippen molar-refractivity contribution < 1.29 is 0 Å². The van der Waals surface area contributed by atoms with E-state index in [4.69, 9.17) is 10.7 Å². The minimum atomic E-state index is -0.0982. The molecule has 0 fully saturated rings. The number of nitrogens with zero attached hydrogens (tertiary/aromatic N) is 4. The average molecular weight is 303 g/mol. The highest BCUT2D eigenvalue weighted by Gasteiger charge is 2.16. The van der Waals surface area contributed by atoms with Gasteiger partial charge in [-0.3, -0.25) is 4.40 Å². The molecule has 1 atom stereocenters. The number of hydrogen-bond donors (Lipinski definition) is 1. The third-order valence-corrected chi connectivity index (χ3v) is 4.04. The first-order valence-corrected chi connectivity index (χ1v) is 7.60. The Morgan fingerprint density at radius 3 is 2.65 bits per heavy atom. The van der Waals surface area contributed by atoms with Gasteiger partial charge in [-0.05, 0) is 31.0 Å². The van der Waals surface area contributed by atoms with Crippen molar-refractivity contribution in [1.82, 2.24) is 19.6 Å².